The van der Waals surface area contributed by atoms with Gasteiger partial charge >= 0.3 is 5.97 Å². The van der Waals surface area contributed by atoms with E-state index >= 15 is 0 Å². The summed E-state index contributed by atoms with van der Waals surface area (Å²) >= 11 is 0. The molecule has 1 heterocycles. The first-order chi connectivity index (χ1) is 20.4. The topological polar surface area (TPSA) is 126 Å². The van der Waals surface area contributed by atoms with Crippen LogP contribution >= 0.6 is 0 Å². The fourth-order valence-electron chi connectivity index (χ4n) is 10.5. The summed E-state index contributed by atoms with van der Waals surface area (Å²) in [5, 5.41) is 43.7. The van der Waals surface area contributed by atoms with Crippen LogP contribution in [0, 0.1) is 39.9 Å². The lowest BCUT2D eigenvalue weighted by molar-refractivity contribution is -0.312. The molecule has 0 aromatic rings. The number of rotatable bonds is 10. The van der Waals surface area contributed by atoms with Crippen molar-refractivity contribution in [1.82, 2.24) is 0 Å². The van der Waals surface area contributed by atoms with Crippen LogP contribution in [-0.2, 0) is 19.0 Å². The van der Waals surface area contributed by atoms with Crippen molar-refractivity contribution in [3.63, 3.8) is 0 Å². The molecule has 0 radical (unpaired) electrons. The molecule has 13 atom stereocenters. The second-order valence-corrected chi connectivity index (χ2v) is 15.9. The van der Waals surface area contributed by atoms with Gasteiger partial charge in [0.05, 0.1) is 25.4 Å². The van der Waals surface area contributed by atoms with E-state index in [4.69, 9.17) is 14.2 Å². The maximum Gasteiger partial charge on any atom is 0.305 e. The Morgan fingerprint density at radius 2 is 1.73 bits per heavy atom. The zero-order valence-corrected chi connectivity index (χ0v) is 28.5. The Balaban J connectivity index is 1.78. The van der Waals surface area contributed by atoms with E-state index in [0.717, 1.165) is 37.7 Å². The molecule has 252 valence electrons. The summed E-state index contributed by atoms with van der Waals surface area (Å²) in [6.45, 7) is 19.6. The first-order valence-corrected chi connectivity index (χ1v) is 16.8. The molecule has 44 heavy (non-hydrogen) atoms. The Labute approximate surface area is 265 Å². The highest BCUT2D eigenvalue weighted by molar-refractivity contribution is 5.69. The molecule has 0 aromatic heterocycles. The van der Waals surface area contributed by atoms with Crippen LogP contribution in [0.2, 0.25) is 0 Å². The maximum atomic E-state index is 12.5. The van der Waals surface area contributed by atoms with Gasteiger partial charge in [-0.25, -0.2) is 0 Å². The zero-order chi connectivity index (χ0) is 32.8. The molecule has 0 unspecified atom stereocenters. The molecule has 8 heteroatoms. The molecule has 8 nitrogen and oxygen atoms in total. The van der Waals surface area contributed by atoms with Gasteiger partial charge in [0.15, 0.2) is 6.29 Å². The number of ether oxygens (including phenoxy) is 3. The molecule has 0 spiro atoms. The van der Waals surface area contributed by atoms with Gasteiger partial charge in [-0.3, -0.25) is 4.79 Å². The van der Waals surface area contributed by atoms with Gasteiger partial charge in [0, 0.05) is 6.42 Å². The van der Waals surface area contributed by atoms with Crippen molar-refractivity contribution < 1.29 is 39.4 Å². The largest absolute Gasteiger partial charge is 0.469 e. The molecule has 4 fully saturated rings. The van der Waals surface area contributed by atoms with Gasteiger partial charge in [-0.2, -0.15) is 0 Å². The highest BCUT2D eigenvalue weighted by Gasteiger charge is 2.70. The summed E-state index contributed by atoms with van der Waals surface area (Å²) in [5.74, 6) is 0.121. The van der Waals surface area contributed by atoms with E-state index < -0.39 is 30.2 Å². The third-order valence-electron chi connectivity index (χ3n) is 13.1. The van der Waals surface area contributed by atoms with Crippen LogP contribution in [0.25, 0.3) is 0 Å². The predicted octanol–water partition coefficient (Wildman–Crippen LogP) is 5.31. The predicted molar refractivity (Wildman–Crippen MR) is 169 cm³/mol. The van der Waals surface area contributed by atoms with Gasteiger partial charge in [-0.05, 0) is 119 Å². The van der Waals surface area contributed by atoms with Crippen molar-refractivity contribution in [2.75, 3.05) is 13.7 Å². The summed E-state index contributed by atoms with van der Waals surface area (Å²) < 4.78 is 17.6. The van der Waals surface area contributed by atoms with Crippen LogP contribution < -0.4 is 0 Å². The van der Waals surface area contributed by atoms with Crippen molar-refractivity contribution in [3.8, 4) is 0 Å². The third-order valence-corrected chi connectivity index (χ3v) is 13.1. The van der Waals surface area contributed by atoms with Gasteiger partial charge in [0.1, 0.15) is 18.3 Å². The Bertz CT molecular complexity index is 1080. The maximum absolute atomic E-state index is 12.5. The van der Waals surface area contributed by atoms with E-state index in [1.807, 2.05) is 6.92 Å². The van der Waals surface area contributed by atoms with Crippen molar-refractivity contribution in [3.05, 3.63) is 23.8 Å². The van der Waals surface area contributed by atoms with Gasteiger partial charge in [0.25, 0.3) is 0 Å². The monoisotopic (exact) mass is 620 g/mol. The average molecular weight is 621 g/mol. The number of carbonyl (C=O) groups is 1. The molecule has 0 amide bonds. The highest BCUT2D eigenvalue weighted by atomic mass is 16.7. The molecule has 1 aliphatic heterocycles. The number of esters is 1. The molecule has 4 rings (SSSR count). The van der Waals surface area contributed by atoms with E-state index in [0.29, 0.717) is 25.7 Å². The summed E-state index contributed by atoms with van der Waals surface area (Å²) in [5.41, 5.74) is 0.879. The van der Waals surface area contributed by atoms with Crippen LogP contribution in [0.3, 0.4) is 0 Å². The summed E-state index contributed by atoms with van der Waals surface area (Å²) in [4.78, 5) is 12.5. The van der Waals surface area contributed by atoms with Crippen LogP contribution in [0.15, 0.2) is 23.8 Å². The average Bonchev–Trinajstić information content (AvgIpc) is 3.33. The number of fused-ring (bicyclic) bond motifs is 3. The molecule has 4 N–H and O–H groups in total. The van der Waals surface area contributed by atoms with Crippen molar-refractivity contribution in [2.24, 2.45) is 39.9 Å². The molecule has 3 aliphatic carbocycles. The van der Waals surface area contributed by atoms with Crippen molar-refractivity contribution in [1.29, 1.82) is 0 Å². The highest BCUT2D eigenvalue weighted by Crippen LogP contribution is 2.74. The lowest BCUT2D eigenvalue weighted by Gasteiger charge is -2.68. The lowest BCUT2D eigenvalue weighted by Crippen LogP contribution is -2.65. The van der Waals surface area contributed by atoms with Crippen LogP contribution in [0.1, 0.15) is 106 Å². The Morgan fingerprint density at radius 1 is 1.07 bits per heavy atom. The van der Waals surface area contributed by atoms with E-state index in [1.165, 1.54) is 12.7 Å². The van der Waals surface area contributed by atoms with Crippen LogP contribution in [0.5, 0.6) is 0 Å². The van der Waals surface area contributed by atoms with Gasteiger partial charge in [-0.1, -0.05) is 44.6 Å². The first-order valence-electron chi connectivity index (χ1n) is 16.8. The van der Waals surface area contributed by atoms with Crippen molar-refractivity contribution >= 4 is 5.97 Å². The second kappa shape index (κ2) is 13.1. The van der Waals surface area contributed by atoms with E-state index in [9.17, 15) is 25.2 Å². The SMILES string of the molecule is C=C(C)[C@@H]1CC[C@]2(C)[C@H](C[C@@H](O[C@@H]3OC[C@@H](O)[C@H](O)[C@H]3O)[C@@H]3[C@@H]([C@@](C)(O)CCC=C(C)C)CC[C@]32C)[C@@]1(C)CCC(=O)OC. The van der Waals surface area contributed by atoms with E-state index in [1.54, 1.807) is 0 Å². The number of allylic oxidation sites excluding steroid dienone is 3. The van der Waals surface area contributed by atoms with Gasteiger partial charge in [0.2, 0.25) is 0 Å². The van der Waals surface area contributed by atoms with E-state index in [-0.39, 0.29) is 58.6 Å². The van der Waals surface area contributed by atoms with Gasteiger partial charge in [-0.15, -0.1) is 0 Å². The molecular weight excluding hydrogens is 560 g/mol. The third kappa shape index (κ3) is 6.21. The molecule has 3 saturated carbocycles. The smallest absolute Gasteiger partial charge is 0.305 e. The number of aliphatic hydroxyl groups is 4. The minimum atomic E-state index is -1.39. The van der Waals surface area contributed by atoms with Gasteiger partial charge < -0.3 is 34.6 Å². The van der Waals surface area contributed by atoms with Crippen LogP contribution in [-0.4, -0.2) is 76.4 Å². The lowest BCUT2D eigenvalue weighted by atomic mass is 9.37. The number of hydrogen-bond acceptors (Lipinski definition) is 8. The molecule has 0 aromatic carbocycles. The molecule has 4 aliphatic rings. The minimum Gasteiger partial charge on any atom is -0.469 e. The zero-order valence-electron chi connectivity index (χ0n) is 28.5. The fourth-order valence-corrected chi connectivity index (χ4v) is 10.5. The molecule has 0 bridgehead atoms. The number of carbonyl (C=O) groups excluding carboxylic acids is 1. The number of aliphatic hydroxyl groups excluding tert-OH is 3. The Hall–Kier alpha value is -1.29. The molecule has 1 saturated heterocycles. The summed E-state index contributed by atoms with van der Waals surface area (Å²) in [6, 6.07) is 0. The second-order valence-electron chi connectivity index (χ2n) is 15.9. The summed E-state index contributed by atoms with van der Waals surface area (Å²) in [6.07, 6.45) is 3.68. The fraction of sp³-hybridized carbons (Fsp3) is 0.861. The van der Waals surface area contributed by atoms with Crippen LogP contribution in [0.4, 0.5) is 0 Å². The van der Waals surface area contributed by atoms with E-state index in [2.05, 4.69) is 54.2 Å². The first kappa shape index (κ1) is 35.6. The van der Waals surface area contributed by atoms with Crippen molar-refractivity contribution in [2.45, 2.75) is 143 Å². The quantitative estimate of drug-likeness (QED) is 0.147. The molecular formula is C36H60O8. The Kier molecular flexibility index (Phi) is 10.6. The Morgan fingerprint density at radius 3 is 2.34 bits per heavy atom. The standard InChI is InChI=1S/C36H60O8/c1-21(2)11-10-15-36(8,41)24-13-18-35(7)29(24)26(44-32-31(40)30(39)25(37)20-43-32)19-27-33(5,16-14-28(38)42-9)23(22(3)4)12-17-34(27,35)6/h11,23-27,29-32,37,39-41H,3,10,12-20H2,1-2,4-9H3/t23-,24-,25+,26+,27+,29-,30-,31+,32-,33-,34+,35+,36-/m0/s1. The summed E-state index contributed by atoms with van der Waals surface area (Å²) in [7, 11) is 1.44. The normalized spacial score (nSPS) is 45.0. The number of methoxy groups -OCH3 is 1. The number of hydrogen-bond donors (Lipinski definition) is 4. The minimum absolute atomic E-state index is 0.0171.